The maximum absolute atomic E-state index is 12.0. The van der Waals surface area contributed by atoms with Gasteiger partial charge in [0.05, 0.1) is 11.0 Å². The van der Waals surface area contributed by atoms with E-state index in [0.717, 1.165) is 12.1 Å². The summed E-state index contributed by atoms with van der Waals surface area (Å²) in [6.45, 7) is 6.21. The molecule has 0 spiro atoms. The summed E-state index contributed by atoms with van der Waals surface area (Å²) < 4.78 is 25.4. The van der Waals surface area contributed by atoms with Crippen LogP contribution in [0.25, 0.3) is 0 Å². The van der Waals surface area contributed by atoms with Gasteiger partial charge in [-0.25, -0.2) is 12.7 Å². The molecule has 0 aliphatic carbocycles. The molecule has 16 heavy (non-hydrogen) atoms. The van der Waals surface area contributed by atoms with Crippen LogP contribution >= 0.6 is 0 Å². The summed E-state index contributed by atoms with van der Waals surface area (Å²) in [5.41, 5.74) is 0.720. The van der Waals surface area contributed by atoms with Crippen LogP contribution in [0.15, 0.2) is 5.16 Å². The molecule has 1 fully saturated rings. The van der Waals surface area contributed by atoms with Gasteiger partial charge in [0.15, 0.2) is 0 Å². The summed E-state index contributed by atoms with van der Waals surface area (Å²) in [5.74, 6) is 0.0484. The Kier molecular flexibility index (Phi) is 4.32. The maximum Gasteiger partial charge on any atom is 0.216 e. The lowest BCUT2D eigenvalue weighted by molar-refractivity contribution is 0.295. The van der Waals surface area contributed by atoms with Gasteiger partial charge in [-0.05, 0) is 20.3 Å². The molecule has 0 saturated carbocycles. The molecule has 6 heteroatoms. The van der Waals surface area contributed by atoms with Crippen LogP contribution in [-0.2, 0) is 10.0 Å². The van der Waals surface area contributed by atoms with E-state index >= 15 is 0 Å². The van der Waals surface area contributed by atoms with E-state index in [1.165, 1.54) is 4.31 Å². The minimum atomic E-state index is -3.18. The van der Waals surface area contributed by atoms with Crippen LogP contribution in [0.5, 0.6) is 0 Å². The normalized spacial score (nSPS) is 26.5. The van der Waals surface area contributed by atoms with E-state index in [-0.39, 0.29) is 5.92 Å². The van der Waals surface area contributed by atoms with Gasteiger partial charge in [-0.2, -0.15) is 0 Å². The quantitative estimate of drug-likeness (QED) is 0.604. The zero-order valence-electron chi connectivity index (χ0n) is 10.0. The predicted octanol–water partition coefficient (Wildman–Crippen LogP) is 1.29. The van der Waals surface area contributed by atoms with Crippen molar-refractivity contribution >= 4 is 15.7 Å². The third kappa shape index (κ3) is 2.55. The predicted molar refractivity (Wildman–Crippen MR) is 63.2 cm³/mol. The van der Waals surface area contributed by atoms with Crippen LogP contribution in [-0.4, -0.2) is 42.0 Å². The highest BCUT2D eigenvalue weighted by Gasteiger charge is 2.33. The molecular formula is C10H20N2O3S. The smallest absolute Gasteiger partial charge is 0.216 e. The molecule has 1 N–H and O–H groups in total. The first-order chi connectivity index (χ1) is 7.43. The fourth-order valence-electron chi connectivity index (χ4n) is 1.91. The average molecular weight is 248 g/mol. The van der Waals surface area contributed by atoms with Gasteiger partial charge in [-0.15, -0.1) is 0 Å². The largest absolute Gasteiger partial charge is 0.411 e. The van der Waals surface area contributed by atoms with Gasteiger partial charge in [0.1, 0.15) is 0 Å². The van der Waals surface area contributed by atoms with Crippen molar-refractivity contribution in [3.05, 3.63) is 0 Å². The highest BCUT2D eigenvalue weighted by molar-refractivity contribution is 7.89. The molecule has 94 valence electrons. The van der Waals surface area contributed by atoms with Gasteiger partial charge in [-0.3, -0.25) is 0 Å². The van der Waals surface area contributed by atoms with Crippen molar-refractivity contribution in [3.63, 3.8) is 0 Å². The first-order valence-electron chi connectivity index (χ1n) is 5.63. The van der Waals surface area contributed by atoms with E-state index in [2.05, 4.69) is 5.16 Å². The SMILES string of the molecule is CCC1CN(S(=O)(=O)C(C)C)CCC1=NO. The van der Waals surface area contributed by atoms with Gasteiger partial charge < -0.3 is 5.21 Å². The molecule has 0 bridgehead atoms. The topological polar surface area (TPSA) is 70.0 Å². The number of hydrogen-bond acceptors (Lipinski definition) is 4. The Morgan fingerprint density at radius 1 is 1.56 bits per heavy atom. The zero-order valence-corrected chi connectivity index (χ0v) is 10.9. The molecule has 1 heterocycles. The monoisotopic (exact) mass is 248 g/mol. The van der Waals surface area contributed by atoms with E-state index in [4.69, 9.17) is 5.21 Å². The first-order valence-corrected chi connectivity index (χ1v) is 7.13. The molecule has 5 nitrogen and oxygen atoms in total. The van der Waals surface area contributed by atoms with Gasteiger partial charge in [0.25, 0.3) is 0 Å². The number of rotatable bonds is 3. The molecular weight excluding hydrogens is 228 g/mol. The van der Waals surface area contributed by atoms with Crippen molar-refractivity contribution in [3.8, 4) is 0 Å². The second kappa shape index (κ2) is 5.14. The highest BCUT2D eigenvalue weighted by atomic mass is 32.2. The highest BCUT2D eigenvalue weighted by Crippen LogP contribution is 2.21. The van der Waals surface area contributed by atoms with Crippen LogP contribution in [0.1, 0.15) is 33.6 Å². The number of piperidine rings is 1. The Balaban J connectivity index is 2.83. The Hall–Kier alpha value is -0.620. The molecule has 0 aromatic heterocycles. The molecule has 1 aliphatic rings. The number of oxime groups is 1. The van der Waals surface area contributed by atoms with Crippen LogP contribution in [0, 0.1) is 5.92 Å². The average Bonchev–Trinajstić information content (AvgIpc) is 2.27. The fraction of sp³-hybridized carbons (Fsp3) is 0.900. The summed E-state index contributed by atoms with van der Waals surface area (Å²) in [4.78, 5) is 0. The standard InChI is InChI=1S/C10H20N2O3S/c1-4-9-7-12(6-5-10(9)11-13)16(14,15)8(2)3/h8-9,13H,4-7H2,1-3H3. The summed E-state index contributed by atoms with van der Waals surface area (Å²) >= 11 is 0. The zero-order chi connectivity index (χ0) is 12.3. The van der Waals surface area contributed by atoms with E-state index in [1.54, 1.807) is 13.8 Å². The van der Waals surface area contributed by atoms with Crippen molar-refractivity contribution in [1.82, 2.24) is 4.31 Å². The van der Waals surface area contributed by atoms with Crippen molar-refractivity contribution in [2.75, 3.05) is 13.1 Å². The molecule has 1 saturated heterocycles. The van der Waals surface area contributed by atoms with Gasteiger partial charge in [-0.1, -0.05) is 12.1 Å². The van der Waals surface area contributed by atoms with Crippen molar-refractivity contribution in [1.29, 1.82) is 0 Å². The number of sulfonamides is 1. The summed E-state index contributed by atoms with van der Waals surface area (Å²) in [7, 11) is -3.18. The molecule has 1 aliphatic heterocycles. The van der Waals surface area contributed by atoms with Crippen molar-refractivity contribution in [2.45, 2.75) is 38.9 Å². The lowest BCUT2D eigenvalue weighted by Gasteiger charge is -2.33. The lowest BCUT2D eigenvalue weighted by atomic mass is 9.95. The first kappa shape index (κ1) is 13.4. The van der Waals surface area contributed by atoms with E-state index in [9.17, 15) is 8.42 Å². The summed E-state index contributed by atoms with van der Waals surface area (Å²) in [5, 5.41) is 11.7. The summed E-state index contributed by atoms with van der Waals surface area (Å²) in [6, 6.07) is 0. The maximum atomic E-state index is 12.0. The van der Waals surface area contributed by atoms with Crippen molar-refractivity contribution < 1.29 is 13.6 Å². The van der Waals surface area contributed by atoms with E-state index in [1.807, 2.05) is 6.92 Å². The minimum absolute atomic E-state index is 0.0484. The molecule has 1 unspecified atom stereocenters. The fourth-order valence-corrected chi connectivity index (χ4v) is 3.24. The van der Waals surface area contributed by atoms with Gasteiger partial charge >= 0.3 is 0 Å². The number of hydrogen-bond donors (Lipinski definition) is 1. The lowest BCUT2D eigenvalue weighted by Crippen LogP contribution is -2.46. The summed E-state index contributed by atoms with van der Waals surface area (Å²) in [6.07, 6.45) is 1.32. The Morgan fingerprint density at radius 3 is 2.62 bits per heavy atom. The Bertz CT molecular complexity index is 362. The molecule has 0 radical (unpaired) electrons. The van der Waals surface area contributed by atoms with Gasteiger partial charge in [0.2, 0.25) is 10.0 Å². The van der Waals surface area contributed by atoms with Crippen LogP contribution < -0.4 is 0 Å². The van der Waals surface area contributed by atoms with Crippen LogP contribution in [0.2, 0.25) is 0 Å². The Morgan fingerprint density at radius 2 is 2.19 bits per heavy atom. The van der Waals surface area contributed by atoms with Crippen molar-refractivity contribution in [2.24, 2.45) is 11.1 Å². The Labute approximate surface area is 97.2 Å². The third-order valence-electron chi connectivity index (χ3n) is 3.09. The number of nitrogens with zero attached hydrogens (tertiary/aromatic N) is 2. The van der Waals surface area contributed by atoms with E-state index < -0.39 is 15.3 Å². The van der Waals surface area contributed by atoms with Crippen LogP contribution in [0.4, 0.5) is 0 Å². The van der Waals surface area contributed by atoms with Crippen LogP contribution in [0.3, 0.4) is 0 Å². The second-order valence-corrected chi connectivity index (χ2v) is 6.89. The van der Waals surface area contributed by atoms with E-state index in [0.29, 0.717) is 19.5 Å². The molecule has 1 atom stereocenters. The molecule has 0 amide bonds. The third-order valence-corrected chi connectivity index (χ3v) is 5.33. The van der Waals surface area contributed by atoms with Gasteiger partial charge in [0, 0.05) is 25.4 Å². The molecule has 0 aromatic rings. The molecule has 1 rings (SSSR count). The second-order valence-electron chi connectivity index (χ2n) is 4.40. The molecule has 0 aromatic carbocycles. The minimum Gasteiger partial charge on any atom is -0.411 e.